The predicted molar refractivity (Wildman–Crippen MR) is 73.7 cm³/mol. The summed E-state index contributed by atoms with van der Waals surface area (Å²) in [7, 11) is 0. The zero-order valence-corrected chi connectivity index (χ0v) is 11.3. The van der Waals surface area contributed by atoms with Crippen LogP contribution >= 0.6 is 0 Å². The Balaban J connectivity index is 1.69. The summed E-state index contributed by atoms with van der Waals surface area (Å²) in [6, 6.07) is 4.16. The summed E-state index contributed by atoms with van der Waals surface area (Å²) in [6.45, 7) is 1.38. The minimum absolute atomic E-state index is 0.00238. The van der Waals surface area contributed by atoms with E-state index in [0.717, 1.165) is 12.8 Å². The summed E-state index contributed by atoms with van der Waals surface area (Å²) < 4.78 is 13.7. The van der Waals surface area contributed by atoms with Gasteiger partial charge >= 0.3 is 0 Å². The molecule has 2 aliphatic rings. The minimum atomic E-state index is -0.490. The highest BCUT2D eigenvalue weighted by molar-refractivity contribution is 5.94. The quantitative estimate of drug-likeness (QED) is 0.891. The Labute approximate surface area is 116 Å². The van der Waals surface area contributed by atoms with Crippen molar-refractivity contribution in [1.82, 2.24) is 0 Å². The average molecular weight is 276 g/mol. The van der Waals surface area contributed by atoms with Crippen LogP contribution in [0.5, 0.6) is 0 Å². The molecule has 3 rings (SSSR count). The second-order valence-corrected chi connectivity index (χ2v) is 5.79. The molecule has 0 spiro atoms. The van der Waals surface area contributed by atoms with Crippen molar-refractivity contribution in [2.45, 2.75) is 26.2 Å². The van der Waals surface area contributed by atoms with Gasteiger partial charge in [-0.15, -0.1) is 0 Å². The van der Waals surface area contributed by atoms with Crippen LogP contribution in [0.4, 0.5) is 15.8 Å². The van der Waals surface area contributed by atoms with Crippen molar-refractivity contribution in [3.63, 3.8) is 0 Å². The summed E-state index contributed by atoms with van der Waals surface area (Å²) in [5, 5.41) is 5.21. The minimum Gasteiger partial charge on any atom is -0.326 e. The number of nitrogens with one attached hydrogen (secondary N) is 2. The van der Waals surface area contributed by atoms with Gasteiger partial charge in [0.2, 0.25) is 11.8 Å². The molecule has 0 bridgehead atoms. The third-order valence-electron chi connectivity index (χ3n) is 4.16. The molecule has 0 aliphatic heterocycles. The molecule has 2 saturated carbocycles. The third-order valence-corrected chi connectivity index (χ3v) is 4.16. The number of anilines is 2. The molecule has 5 heteroatoms. The molecule has 20 heavy (non-hydrogen) atoms. The van der Waals surface area contributed by atoms with Crippen molar-refractivity contribution >= 4 is 23.2 Å². The standard InChI is InChI=1S/C15H17FN2O2/c1-8(19)17-12-2-3-13(16)14(7-12)18-15(20)11-5-9-4-10(9)6-11/h2-3,7,9-11H,4-6H2,1H3,(H,17,19)(H,18,20). The first-order chi connectivity index (χ1) is 9.52. The van der Waals surface area contributed by atoms with Gasteiger partial charge in [-0.05, 0) is 49.3 Å². The topological polar surface area (TPSA) is 58.2 Å². The lowest BCUT2D eigenvalue weighted by Crippen LogP contribution is -2.22. The molecule has 0 radical (unpaired) electrons. The van der Waals surface area contributed by atoms with E-state index >= 15 is 0 Å². The molecule has 0 heterocycles. The maximum atomic E-state index is 13.7. The lowest BCUT2D eigenvalue weighted by molar-refractivity contribution is -0.120. The summed E-state index contributed by atoms with van der Waals surface area (Å²) in [6.07, 6.45) is 3.09. The van der Waals surface area contributed by atoms with Gasteiger partial charge in [0, 0.05) is 18.5 Å². The molecule has 1 aromatic carbocycles. The fourth-order valence-corrected chi connectivity index (χ4v) is 3.07. The van der Waals surface area contributed by atoms with Crippen molar-refractivity contribution in [3.05, 3.63) is 24.0 Å². The maximum Gasteiger partial charge on any atom is 0.227 e. The Bertz CT molecular complexity index is 563. The number of amides is 2. The number of halogens is 1. The number of carbonyl (C=O) groups is 2. The zero-order chi connectivity index (χ0) is 14.3. The summed E-state index contributed by atoms with van der Waals surface area (Å²) >= 11 is 0. The highest BCUT2D eigenvalue weighted by Gasteiger charge is 2.48. The SMILES string of the molecule is CC(=O)Nc1ccc(F)c(NC(=O)C2CC3CC3C2)c1. The van der Waals surface area contributed by atoms with Crippen LogP contribution in [0.15, 0.2) is 18.2 Å². The highest BCUT2D eigenvalue weighted by Crippen LogP contribution is 2.54. The Hall–Kier alpha value is -1.91. The van der Waals surface area contributed by atoms with Gasteiger partial charge in [-0.2, -0.15) is 0 Å². The molecule has 0 aromatic heterocycles. The molecular formula is C15H17FN2O2. The largest absolute Gasteiger partial charge is 0.326 e. The van der Waals surface area contributed by atoms with Gasteiger partial charge in [0.1, 0.15) is 5.82 Å². The van der Waals surface area contributed by atoms with Crippen LogP contribution in [0.1, 0.15) is 26.2 Å². The van der Waals surface area contributed by atoms with Crippen LogP contribution in [-0.4, -0.2) is 11.8 Å². The van der Waals surface area contributed by atoms with Crippen LogP contribution < -0.4 is 10.6 Å². The van der Waals surface area contributed by atoms with Crippen LogP contribution in [0.3, 0.4) is 0 Å². The van der Waals surface area contributed by atoms with Crippen LogP contribution in [0, 0.1) is 23.6 Å². The number of rotatable bonds is 3. The van der Waals surface area contributed by atoms with Gasteiger partial charge in [0.15, 0.2) is 0 Å². The monoisotopic (exact) mass is 276 g/mol. The summed E-state index contributed by atoms with van der Waals surface area (Å²) in [5.41, 5.74) is 0.602. The molecule has 2 unspecified atom stereocenters. The number of hydrogen-bond donors (Lipinski definition) is 2. The third kappa shape index (κ3) is 2.66. The smallest absolute Gasteiger partial charge is 0.227 e. The number of benzene rings is 1. The van der Waals surface area contributed by atoms with E-state index in [1.807, 2.05) is 0 Å². The molecule has 0 saturated heterocycles. The molecule has 2 atom stereocenters. The molecule has 2 N–H and O–H groups in total. The fraction of sp³-hybridized carbons (Fsp3) is 0.467. The van der Waals surface area contributed by atoms with E-state index in [1.54, 1.807) is 0 Å². The number of hydrogen-bond acceptors (Lipinski definition) is 2. The molecule has 1 aromatic rings. The van der Waals surface area contributed by atoms with E-state index < -0.39 is 5.82 Å². The zero-order valence-electron chi connectivity index (χ0n) is 11.3. The van der Waals surface area contributed by atoms with Crippen molar-refractivity contribution in [3.8, 4) is 0 Å². The molecular weight excluding hydrogens is 259 g/mol. The Kier molecular flexibility index (Phi) is 3.20. The van der Waals surface area contributed by atoms with Crippen LogP contribution in [-0.2, 0) is 9.59 Å². The molecule has 4 nitrogen and oxygen atoms in total. The normalized spacial score (nSPS) is 26.8. The Morgan fingerprint density at radius 3 is 2.50 bits per heavy atom. The Morgan fingerprint density at radius 1 is 1.15 bits per heavy atom. The maximum absolute atomic E-state index is 13.7. The Morgan fingerprint density at radius 2 is 1.85 bits per heavy atom. The molecule has 2 aliphatic carbocycles. The van der Waals surface area contributed by atoms with Crippen LogP contribution in [0.25, 0.3) is 0 Å². The van der Waals surface area contributed by atoms with Crippen molar-refractivity contribution in [2.24, 2.45) is 17.8 Å². The number of carbonyl (C=O) groups excluding carboxylic acids is 2. The van der Waals surface area contributed by atoms with Crippen molar-refractivity contribution in [2.75, 3.05) is 10.6 Å². The van der Waals surface area contributed by atoms with Crippen LogP contribution in [0.2, 0.25) is 0 Å². The lowest BCUT2D eigenvalue weighted by atomic mass is 10.0. The van der Waals surface area contributed by atoms with E-state index in [9.17, 15) is 14.0 Å². The first-order valence-corrected chi connectivity index (χ1v) is 6.91. The van der Waals surface area contributed by atoms with Gasteiger partial charge in [0.05, 0.1) is 5.69 Å². The van der Waals surface area contributed by atoms with E-state index in [2.05, 4.69) is 10.6 Å². The van der Waals surface area contributed by atoms with E-state index in [4.69, 9.17) is 0 Å². The first kappa shape index (κ1) is 13.1. The van der Waals surface area contributed by atoms with Gasteiger partial charge in [-0.25, -0.2) is 4.39 Å². The van der Waals surface area contributed by atoms with E-state index in [1.165, 1.54) is 31.5 Å². The second kappa shape index (κ2) is 4.89. The summed E-state index contributed by atoms with van der Waals surface area (Å²) in [5.74, 6) is 0.585. The van der Waals surface area contributed by atoms with E-state index in [0.29, 0.717) is 17.5 Å². The first-order valence-electron chi connectivity index (χ1n) is 6.91. The molecule has 106 valence electrons. The number of fused-ring (bicyclic) bond motifs is 1. The van der Waals surface area contributed by atoms with Crippen molar-refractivity contribution in [1.29, 1.82) is 0 Å². The van der Waals surface area contributed by atoms with Gasteiger partial charge in [-0.3, -0.25) is 9.59 Å². The molecule has 2 fully saturated rings. The lowest BCUT2D eigenvalue weighted by Gasteiger charge is -2.13. The van der Waals surface area contributed by atoms with E-state index in [-0.39, 0.29) is 23.4 Å². The van der Waals surface area contributed by atoms with Gasteiger partial charge in [0.25, 0.3) is 0 Å². The second-order valence-electron chi connectivity index (χ2n) is 5.79. The van der Waals surface area contributed by atoms with Crippen molar-refractivity contribution < 1.29 is 14.0 Å². The van der Waals surface area contributed by atoms with Gasteiger partial charge in [-0.1, -0.05) is 0 Å². The highest BCUT2D eigenvalue weighted by atomic mass is 19.1. The fourth-order valence-electron chi connectivity index (χ4n) is 3.07. The van der Waals surface area contributed by atoms with Gasteiger partial charge < -0.3 is 10.6 Å². The predicted octanol–water partition coefficient (Wildman–Crippen LogP) is 2.77. The molecule has 2 amide bonds. The average Bonchev–Trinajstić information content (AvgIpc) is 2.99. The summed E-state index contributed by atoms with van der Waals surface area (Å²) in [4.78, 5) is 23.1.